The Morgan fingerprint density at radius 2 is 2.07 bits per heavy atom. The third-order valence-electron chi connectivity index (χ3n) is 3.97. The third kappa shape index (κ3) is 5.54. The SMILES string of the molecule is COCCNCCNC(=O)c1cccc(OCc2cn3ccccc3n2)c1. The molecule has 0 saturated carbocycles. The fourth-order valence-corrected chi connectivity index (χ4v) is 2.61. The van der Waals surface area contributed by atoms with Crippen LogP contribution in [0.3, 0.4) is 0 Å². The number of aromatic nitrogens is 2. The molecule has 3 rings (SSSR count). The second kappa shape index (κ2) is 9.70. The number of fused-ring (bicyclic) bond motifs is 1. The Labute approximate surface area is 158 Å². The predicted molar refractivity (Wildman–Crippen MR) is 103 cm³/mol. The molecule has 0 aliphatic rings. The molecular formula is C20H24N4O3. The Balaban J connectivity index is 1.50. The first-order valence-corrected chi connectivity index (χ1v) is 8.89. The highest BCUT2D eigenvalue weighted by molar-refractivity contribution is 5.94. The normalized spacial score (nSPS) is 10.9. The molecule has 0 aliphatic carbocycles. The van der Waals surface area contributed by atoms with Crippen LogP contribution in [-0.2, 0) is 11.3 Å². The van der Waals surface area contributed by atoms with Crippen molar-refractivity contribution in [1.29, 1.82) is 0 Å². The van der Waals surface area contributed by atoms with Crippen LogP contribution in [0.1, 0.15) is 16.1 Å². The largest absolute Gasteiger partial charge is 0.487 e. The van der Waals surface area contributed by atoms with Crippen LogP contribution in [-0.4, -0.2) is 48.6 Å². The number of carbonyl (C=O) groups excluding carboxylic acids is 1. The van der Waals surface area contributed by atoms with Crippen molar-refractivity contribution in [3.05, 3.63) is 66.1 Å². The Morgan fingerprint density at radius 1 is 1.15 bits per heavy atom. The lowest BCUT2D eigenvalue weighted by Gasteiger charge is -2.08. The molecule has 7 heteroatoms. The van der Waals surface area contributed by atoms with E-state index in [1.807, 2.05) is 47.1 Å². The van der Waals surface area contributed by atoms with E-state index < -0.39 is 0 Å². The first-order chi connectivity index (χ1) is 13.3. The van der Waals surface area contributed by atoms with Crippen molar-refractivity contribution in [2.75, 3.05) is 33.4 Å². The molecule has 1 amide bonds. The number of ether oxygens (including phenoxy) is 2. The smallest absolute Gasteiger partial charge is 0.251 e. The van der Waals surface area contributed by atoms with E-state index >= 15 is 0 Å². The third-order valence-corrected chi connectivity index (χ3v) is 3.97. The van der Waals surface area contributed by atoms with Crippen LogP contribution < -0.4 is 15.4 Å². The monoisotopic (exact) mass is 368 g/mol. The maximum atomic E-state index is 12.2. The van der Waals surface area contributed by atoms with Crippen LogP contribution in [0.15, 0.2) is 54.9 Å². The van der Waals surface area contributed by atoms with Crippen molar-refractivity contribution in [2.24, 2.45) is 0 Å². The molecule has 3 aromatic rings. The first-order valence-electron chi connectivity index (χ1n) is 8.89. The maximum absolute atomic E-state index is 12.2. The summed E-state index contributed by atoms with van der Waals surface area (Å²) in [5, 5.41) is 6.06. The summed E-state index contributed by atoms with van der Waals surface area (Å²) >= 11 is 0. The lowest BCUT2D eigenvalue weighted by molar-refractivity contribution is 0.0953. The molecule has 0 saturated heterocycles. The Kier molecular flexibility index (Phi) is 6.78. The molecule has 2 aromatic heterocycles. The van der Waals surface area contributed by atoms with E-state index in [0.717, 1.165) is 17.9 Å². The summed E-state index contributed by atoms with van der Waals surface area (Å²) in [6.45, 7) is 3.00. The second-order valence-electron chi connectivity index (χ2n) is 6.01. The summed E-state index contributed by atoms with van der Waals surface area (Å²) in [4.78, 5) is 16.7. The number of amides is 1. The van der Waals surface area contributed by atoms with E-state index in [2.05, 4.69) is 15.6 Å². The zero-order chi connectivity index (χ0) is 18.9. The zero-order valence-electron chi connectivity index (χ0n) is 15.4. The summed E-state index contributed by atoms with van der Waals surface area (Å²) in [7, 11) is 1.66. The second-order valence-corrected chi connectivity index (χ2v) is 6.01. The number of methoxy groups -OCH3 is 1. The van der Waals surface area contributed by atoms with Gasteiger partial charge in [-0.3, -0.25) is 4.79 Å². The van der Waals surface area contributed by atoms with Gasteiger partial charge in [-0.2, -0.15) is 0 Å². The van der Waals surface area contributed by atoms with Crippen molar-refractivity contribution in [2.45, 2.75) is 6.61 Å². The van der Waals surface area contributed by atoms with Crippen LogP contribution in [0, 0.1) is 0 Å². The van der Waals surface area contributed by atoms with Gasteiger partial charge in [-0.1, -0.05) is 12.1 Å². The zero-order valence-corrected chi connectivity index (χ0v) is 15.4. The minimum atomic E-state index is -0.123. The maximum Gasteiger partial charge on any atom is 0.251 e. The summed E-state index contributed by atoms with van der Waals surface area (Å²) < 4.78 is 12.7. The van der Waals surface area contributed by atoms with Gasteiger partial charge >= 0.3 is 0 Å². The lowest BCUT2D eigenvalue weighted by Crippen LogP contribution is -2.33. The first kappa shape index (κ1) is 18.9. The van der Waals surface area contributed by atoms with Crippen molar-refractivity contribution in [3.8, 4) is 5.75 Å². The average Bonchev–Trinajstić information content (AvgIpc) is 3.12. The van der Waals surface area contributed by atoms with Crippen molar-refractivity contribution in [1.82, 2.24) is 20.0 Å². The van der Waals surface area contributed by atoms with E-state index in [9.17, 15) is 4.79 Å². The van der Waals surface area contributed by atoms with Crippen LogP contribution in [0.25, 0.3) is 5.65 Å². The van der Waals surface area contributed by atoms with Gasteiger partial charge in [0.25, 0.3) is 5.91 Å². The van der Waals surface area contributed by atoms with Crippen LogP contribution in [0.2, 0.25) is 0 Å². The lowest BCUT2D eigenvalue weighted by atomic mass is 10.2. The number of imidazole rings is 1. The molecule has 0 spiro atoms. The molecule has 7 nitrogen and oxygen atoms in total. The fraction of sp³-hybridized carbons (Fsp3) is 0.300. The number of pyridine rings is 1. The fourth-order valence-electron chi connectivity index (χ4n) is 2.61. The number of nitrogens with zero attached hydrogens (tertiary/aromatic N) is 2. The van der Waals surface area contributed by atoms with Crippen LogP contribution >= 0.6 is 0 Å². The van der Waals surface area contributed by atoms with Gasteiger partial charge in [0, 0.05) is 44.7 Å². The van der Waals surface area contributed by atoms with E-state index in [0.29, 0.717) is 37.6 Å². The van der Waals surface area contributed by atoms with E-state index in [4.69, 9.17) is 9.47 Å². The van der Waals surface area contributed by atoms with Crippen molar-refractivity contribution >= 4 is 11.6 Å². The van der Waals surface area contributed by atoms with Gasteiger partial charge in [0.15, 0.2) is 0 Å². The van der Waals surface area contributed by atoms with Gasteiger partial charge in [-0.15, -0.1) is 0 Å². The molecule has 1 aromatic carbocycles. The van der Waals surface area contributed by atoms with Crippen molar-refractivity contribution < 1.29 is 14.3 Å². The predicted octanol–water partition coefficient (Wildman–Crippen LogP) is 1.88. The summed E-state index contributed by atoms with van der Waals surface area (Å²) in [5.41, 5.74) is 2.28. The minimum absolute atomic E-state index is 0.123. The molecular weight excluding hydrogens is 344 g/mol. The quantitative estimate of drug-likeness (QED) is 0.535. The number of hydrogen-bond acceptors (Lipinski definition) is 5. The minimum Gasteiger partial charge on any atom is -0.487 e. The average molecular weight is 368 g/mol. The Morgan fingerprint density at radius 3 is 2.93 bits per heavy atom. The highest BCUT2D eigenvalue weighted by Crippen LogP contribution is 2.15. The highest BCUT2D eigenvalue weighted by atomic mass is 16.5. The number of nitrogens with one attached hydrogen (secondary N) is 2. The molecule has 0 atom stereocenters. The highest BCUT2D eigenvalue weighted by Gasteiger charge is 2.07. The number of carbonyl (C=O) groups is 1. The van der Waals surface area contributed by atoms with Gasteiger partial charge in [0.05, 0.1) is 12.3 Å². The molecule has 2 N–H and O–H groups in total. The molecule has 0 radical (unpaired) electrons. The molecule has 0 bridgehead atoms. The molecule has 2 heterocycles. The van der Waals surface area contributed by atoms with E-state index in [-0.39, 0.29) is 5.91 Å². The Hall–Kier alpha value is -2.90. The van der Waals surface area contributed by atoms with Gasteiger partial charge in [0.1, 0.15) is 18.0 Å². The molecule has 0 fully saturated rings. The van der Waals surface area contributed by atoms with Gasteiger partial charge in [-0.05, 0) is 30.3 Å². The summed E-state index contributed by atoms with van der Waals surface area (Å²) in [6, 6.07) is 13.0. The van der Waals surface area contributed by atoms with Crippen LogP contribution in [0.4, 0.5) is 0 Å². The van der Waals surface area contributed by atoms with E-state index in [1.54, 1.807) is 19.2 Å². The van der Waals surface area contributed by atoms with Gasteiger partial charge in [0.2, 0.25) is 0 Å². The van der Waals surface area contributed by atoms with Gasteiger partial charge in [-0.25, -0.2) is 4.98 Å². The molecule has 0 unspecified atom stereocenters. The van der Waals surface area contributed by atoms with Crippen LogP contribution in [0.5, 0.6) is 5.75 Å². The van der Waals surface area contributed by atoms with Gasteiger partial charge < -0.3 is 24.5 Å². The summed E-state index contributed by atoms with van der Waals surface area (Å²) in [5.74, 6) is 0.514. The number of rotatable bonds is 10. The summed E-state index contributed by atoms with van der Waals surface area (Å²) in [6.07, 6.45) is 3.88. The number of hydrogen-bond donors (Lipinski definition) is 2. The standard InChI is InChI=1S/C20H24N4O3/c1-26-12-10-21-8-9-22-20(25)16-5-4-6-18(13-16)27-15-17-14-24-11-3-2-7-19(24)23-17/h2-7,11,13-14,21H,8-10,12,15H2,1H3,(H,22,25). The van der Waals surface area contributed by atoms with Crippen molar-refractivity contribution in [3.63, 3.8) is 0 Å². The van der Waals surface area contributed by atoms with E-state index in [1.165, 1.54) is 0 Å². The number of benzene rings is 1. The topological polar surface area (TPSA) is 76.9 Å². The molecule has 27 heavy (non-hydrogen) atoms. The Bertz CT molecular complexity index is 845. The molecule has 0 aliphatic heterocycles. The molecule has 142 valence electrons.